The van der Waals surface area contributed by atoms with Gasteiger partial charge in [-0.3, -0.25) is 4.90 Å². The molecule has 23 heavy (non-hydrogen) atoms. The van der Waals surface area contributed by atoms with Gasteiger partial charge in [0.2, 0.25) is 0 Å². The summed E-state index contributed by atoms with van der Waals surface area (Å²) in [6, 6.07) is 5.67. The van der Waals surface area contributed by atoms with Gasteiger partial charge in [-0.2, -0.15) is 0 Å². The molecule has 0 spiro atoms. The zero-order chi connectivity index (χ0) is 16.2. The molecule has 0 aliphatic carbocycles. The lowest BCUT2D eigenvalue weighted by molar-refractivity contribution is 0.248. The first-order valence-corrected chi connectivity index (χ1v) is 7.70. The minimum absolute atomic E-state index is 0.122. The van der Waals surface area contributed by atoms with E-state index in [1.807, 2.05) is 31.3 Å². The quantitative estimate of drug-likeness (QED) is 0.905. The molecule has 2 aromatic rings. The second kappa shape index (κ2) is 6.60. The highest BCUT2D eigenvalue weighted by molar-refractivity contribution is 5.92. The molecule has 3 rings (SSSR count). The number of carbonyl (C=O) groups is 1. The Labute approximate surface area is 135 Å². The molecule has 0 radical (unpaired) electrons. The summed E-state index contributed by atoms with van der Waals surface area (Å²) in [5, 5.41) is 2.80. The lowest BCUT2D eigenvalue weighted by Crippen LogP contribution is -2.37. The standard InChI is InChI=1S/C16H21N5O2/c1-3-18-16(22)20(2)13-4-5-15-14(8-13)21(6-7-23-15)10-12-9-17-11-19-12/h4-5,8-9,11H,3,6-7,10H2,1-2H3,(H,17,19)(H,18,22). The van der Waals surface area contributed by atoms with Gasteiger partial charge in [0.15, 0.2) is 0 Å². The number of carbonyl (C=O) groups excluding carboxylic acids is 1. The maximum absolute atomic E-state index is 12.0. The molecule has 2 heterocycles. The molecule has 0 saturated carbocycles. The van der Waals surface area contributed by atoms with E-state index in [-0.39, 0.29) is 6.03 Å². The highest BCUT2D eigenvalue weighted by Crippen LogP contribution is 2.35. The van der Waals surface area contributed by atoms with Gasteiger partial charge in [0.05, 0.1) is 30.8 Å². The fourth-order valence-corrected chi connectivity index (χ4v) is 2.59. The molecule has 122 valence electrons. The van der Waals surface area contributed by atoms with E-state index in [4.69, 9.17) is 4.74 Å². The SMILES string of the molecule is CCNC(=O)N(C)c1ccc2c(c1)N(Cc1c[nH]cn1)CCO2. The Bertz CT molecular complexity index is 671. The van der Waals surface area contributed by atoms with Crippen LogP contribution in [0.3, 0.4) is 0 Å². The fourth-order valence-electron chi connectivity index (χ4n) is 2.59. The highest BCUT2D eigenvalue weighted by Gasteiger charge is 2.21. The number of aromatic amines is 1. The maximum Gasteiger partial charge on any atom is 0.321 e. The maximum atomic E-state index is 12.0. The van der Waals surface area contributed by atoms with Crippen molar-refractivity contribution in [2.24, 2.45) is 0 Å². The van der Waals surface area contributed by atoms with Crippen LogP contribution >= 0.6 is 0 Å². The topological polar surface area (TPSA) is 73.5 Å². The average Bonchev–Trinajstić information content (AvgIpc) is 3.07. The molecule has 1 aromatic heterocycles. The van der Waals surface area contributed by atoms with Crippen molar-refractivity contribution in [1.82, 2.24) is 15.3 Å². The number of fused-ring (bicyclic) bond motifs is 1. The molecular weight excluding hydrogens is 294 g/mol. The number of imidazole rings is 1. The molecule has 1 aliphatic heterocycles. The number of amides is 2. The molecule has 2 amide bonds. The first-order chi connectivity index (χ1) is 11.2. The number of ether oxygens (including phenoxy) is 1. The summed E-state index contributed by atoms with van der Waals surface area (Å²) in [6.45, 7) is 4.63. The van der Waals surface area contributed by atoms with Gasteiger partial charge in [-0.25, -0.2) is 9.78 Å². The van der Waals surface area contributed by atoms with Gasteiger partial charge in [-0.1, -0.05) is 0 Å². The van der Waals surface area contributed by atoms with Gasteiger partial charge in [0.1, 0.15) is 12.4 Å². The molecule has 2 N–H and O–H groups in total. The van der Waals surface area contributed by atoms with Gasteiger partial charge in [0.25, 0.3) is 0 Å². The van der Waals surface area contributed by atoms with Crippen molar-refractivity contribution in [2.75, 3.05) is 36.5 Å². The third-order valence-corrected chi connectivity index (χ3v) is 3.83. The van der Waals surface area contributed by atoms with Crippen LogP contribution in [0.25, 0.3) is 0 Å². The molecule has 1 aliphatic rings. The van der Waals surface area contributed by atoms with Crippen molar-refractivity contribution in [3.05, 3.63) is 36.4 Å². The molecule has 7 heteroatoms. The van der Waals surface area contributed by atoms with Crippen molar-refractivity contribution in [3.63, 3.8) is 0 Å². The number of nitrogens with zero attached hydrogens (tertiary/aromatic N) is 3. The summed E-state index contributed by atoms with van der Waals surface area (Å²) in [5.41, 5.74) is 2.78. The molecule has 0 atom stereocenters. The fraction of sp³-hybridized carbons (Fsp3) is 0.375. The minimum atomic E-state index is -0.122. The van der Waals surface area contributed by atoms with Crippen molar-refractivity contribution >= 4 is 17.4 Å². The first-order valence-electron chi connectivity index (χ1n) is 7.70. The van der Waals surface area contributed by atoms with Crippen LogP contribution in [0.2, 0.25) is 0 Å². The van der Waals surface area contributed by atoms with Crippen LogP contribution < -0.4 is 19.9 Å². The van der Waals surface area contributed by atoms with Gasteiger partial charge < -0.3 is 19.9 Å². The second-order valence-corrected chi connectivity index (χ2v) is 5.38. The normalized spacial score (nSPS) is 13.2. The lowest BCUT2D eigenvalue weighted by Gasteiger charge is -2.32. The number of hydrogen-bond donors (Lipinski definition) is 2. The monoisotopic (exact) mass is 315 g/mol. The van der Waals surface area contributed by atoms with Crippen molar-refractivity contribution in [3.8, 4) is 5.75 Å². The Morgan fingerprint density at radius 2 is 2.39 bits per heavy atom. The molecule has 1 aromatic carbocycles. The van der Waals surface area contributed by atoms with E-state index in [1.54, 1.807) is 18.3 Å². The Morgan fingerprint density at radius 3 is 3.13 bits per heavy atom. The summed E-state index contributed by atoms with van der Waals surface area (Å²) >= 11 is 0. The predicted octanol–water partition coefficient (Wildman–Crippen LogP) is 1.97. The zero-order valence-corrected chi connectivity index (χ0v) is 13.4. The average molecular weight is 315 g/mol. The van der Waals surface area contributed by atoms with E-state index in [0.29, 0.717) is 19.7 Å². The van der Waals surface area contributed by atoms with Crippen LogP contribution in [0, 0.1) is 0 Å². The largest absolute Gasteiger partial charge is 0.490 e. The van der Waals surface area contributed by atoms with Crippen LogP contribution in [-0.2, 0) is 6.54 Å². The Morgan fingerprint density at radius 1 is 1.52 bits per heavy atom. The Balaban J connectivity index is 1.85. The number of benzene rings is 1. The number of aromatic nitrogens is 2. The zero-order valence-electron chi connectivity index (χ0n) is 13.4. The van der Waals surface area contributed by atoms with Gasteiger partial charge in [-0.15, -0.1) is 0 Å². The van der Waals surface area contributed by atoms with E-state index < -0.39 is 0 Å². The number of urea groups is 1. The first kappa shape index (κ1) is 15.2. The number of hydrogen-bond acceptors (Lipinski definition) is 4. The number of anilines is 2. The summed E-state index contributed by atoms with van der Waals surface area (Å²) in [7, 11) is 1.76. The molecule has 0 unspecified atom stereocenters. The summed E-state index contributed by atoms with van der Waals surface area (Å²) in [5.74, 6) is 0.833. The third kappa shape index (κ3) is 3.23. The van der Waals surface area contributed by atoms with Crippen molar-refractivity contribution < 1.29 is 9.53 Å². The molecule has 7 nitrogen and oxygen atoms in total. The van der Waals surface area contributed by atoms with Gasteiger partial charge >= 0.3 is 6.03 Å². The van der Waals surface area contributed by atoms with Gasteiger partial charge in [0, 0.05) is 25.5 Å². The predicted molar refractivity (Wildman–Crippen MR) is 89.1 cm³/mol. The molecule has 0 fully saturated rings. The van der Waals surface area contributed by atoms with E-state index in [9.17, 15) is 4.79 Å². The van der Waals surface area contributed by atoms with Crippen molar-refractivity contribution in [2.45, 2.75) is 13.5 Å². The Hall–Kier alpha value is -2.70. The van der Waals surface area contributed by atoms with Crippen molar-refractivity contribution in [1.29, 1.82) is 0 Å². The summed E-state index contributed by atoms with van der Waals surface area (Å²) in [6.07, 6.45) is 3.57. The highest BCUT2D eigenvalue weighted by atomic mass is 16.5. The van der Waals surface area contributed by atoms with E-state index >= 15 is 0 Å². The molecule has 0 bridgehead atoms. The van der Waals surface area contributed by atoms with E-state index in [0.717, 1.165) is 29.4 Å². The number of rotatable bonds is 4. The van der Waals surface area contributed by atoms with Gasteiger partial charge in [-0.05, 0) is 25.1 Å². The number of H-pyrrole nitrogens is 1. The summed E-state index contributed by atoms with van der Waals surface area (Å²) < 4.78 is 5.73. The lowest BCUT2D eigenvalue weighted by atomic mass is 10.2. The van der Waals surface area contributed by atoms with Crippen LogP contribution in [0.1, 0.15) is 12.6 Å². The van der Waals surface area contributed by atoms with E-state index in [1.165, 1.54) is 0 Å². The third-order valence-electron chi connectivity index (χ3n) is 3.83. The molecular formula is C16H21N5O2. The van der Waals surface area contributed by atoms with Crippen LogP contribution in [0.4, 0.5) is 16.2 Å². The minimum Gasteiger partial charge on any atom is -0.490 e. The van der Waals surface area contributed by atoms with Crippen LogP contribution in [-0.4, -0.2) is 42.7 Å². The van der Waals surface area contributed by atoms with Crippen LogP contribution in [0.5, 0.6) is 5.75 Å². The second-order valence-electron chi connectivity index (χ2n) is 5.38. The molecule has 0 saturated heterocycles. The number of nitrogens with one attached hydrogen (secondary N) is 2. The Kier molecular flexibility index (Phi) is 4.36. The smallest absolute Gasteiger partial charge is 0.321 e. The summed E-state index contributed by atoms with van der Waals surface area (Å²) in [4.78, 5) is 23.1. The van der Waals surface area contributed by atoms with E-state index in [2.05, 4.69) is 20.2 Å². The van der Waals surface area contributed by atoms with Crippen LogP contribution in [0.15, 0.2) is 30.7 Å².